The van der Waals surface area contributed by atoms with Gasteiger partial charge in [-0.15, -0.1) is 0 Å². The van der Waals surface area contributed by atoms with Crippen LogP contribution in [0, 0.1) is 0 Å². The van der Waals surface area contributed by atoms with Gasteiger partial charge in [-0.25, -0.2) is 13.4 Å². The molecule has 8 heteroatoms. The molecule has 1 saturated heterocycles. The molecule has 0 aliphatic carbocycles. The number of aromatic nitrogens is 1. The minimum Gasteiger partial charge on any atom is -0.375 e. The minimum atomic E-state index is -3.25. The van der Waals surface area contributed by atoms with E-state index in [2.05, 4.69) is 21.8 Å². The second-order valence-corrected chi connectivity index (χ2v) is 9.17. The Morgan fingerprint density at radius 2 is 2.00 bits per heavy atom. The van der Waals surface area contributed by atoms with Gasteiger partial charge in [0.25, 0.3) is 0 Å². The third-order valence-corrected chi connectivity index (χ3v) is 6.86. The zero-order valence-corrected chi connectivity index (χ0v) is 14.9. The first-order valence-corrected chi connectivity index (χ1v) is 10.2. The van der Waals surface area contributed by atoms with Gasteiger partial charge in [0, 0.05) is 26.2 Å². The van der Waals surface area contributed by atoms with Crippen molar-refractivity contribution in [2.45, 2.75) is 11.3 Å². The number of fused-ring (bicyclic) bond motifs is 1. The summed E-state index contributed by atoms with van der Waals surface area (Å²) in [7, 11) is -1.14. The van der Waals surface area contributed by atoms with E-state index in [0.717, 1.165) is 42.9 Å². The van der Waals surface area contributed by atoms with Gasteiger partial charge in [-0.2, -0.15) is 0 Å². The molecule has 2 N–H and O–H groups in total. The van der Waals surface area contributed by atoms with Crippen LogP contribution in [0.3, 0.4) is 0 Å². The van der Waals surface area contributed by atoms with Gasteiger partial charge in [-0.3, -0.25) is 0 Å². The minimum absolute atomic E-state index is 0.180. The Labute approximate surface area is 140 Å². The predicted octanol–water partition coefficient (Wildman–Crippen LogP) is 1.29. The molecule has 0 unspecified atom stereocenters. The molecule has 1 fully saturated rings. The Morgan fingerprint density at radius 1 is 1.26 bits per heavy atom. The van der Waals surface area contributed by atoms with Crippen molar-refractivity contribution in [3.63, 3.8) is 0 Å². The summed E-state index contributed by atoms with van der Waals surface area (Å²) >= 11 is 1.32. The van der Waals surface area contributed by atoms with Crippen LogP contribution in [0.4, 0.5) is 5.13 Å². The number of anilines is 1. The number of benzene rings is 1. The maximum atomic E-state index is 12.5. The lowest BCUT2D eigenvalue weighted by molar-refractivity contribution is 0.154. The van der Waals surface area contributed by atoms with Crippen molar-refractivity contribution in [1.82, 2.24) is 14.8 Å². The molecule has 2 heterocycles. The molecule has 1 aliphatic rings. The van der Waals surface area contributed by atoms with Crippen molar-refractivity contribution in [3.8, 4) is 0 Å². The van der Waals surface area contributed by atoms with Crippen molar-refractivity contribution in [3.05, 3.63) is 18.2 Å². The Kier molecular flexibility index (Phi) is 4.86. The van der Waals surface area contributed by atoms with Crippen LogP contribution in [-0.4, -0.2) is 68.7 Å². The van der Waals surface area contributed by atoms with Gasteiger partial charge >= 0.3 is 0 Å². The SMILES string of the molecule is CN1CCN(CCCS(=O)(=O)c2ccc3nc(N)sc3c2)CC1. The topological polar surface area (TPSA) is 79.5 Å². The molecule has 0 radical (unpaired) electrons. The third-order valence-electron chi connectivity index (χ3n) is 4.22. The average Bonchev–Trinajstić information content (AvgIpc) is 2.88. The van der Waals surface area contributed by atoms with Gasteiger partial charge < -0.3 is 15.5 Å². The number of likely N-dealkylation sites (N-methyl/N-ethyl adjacent to an activating group) is 1. The highest BCUT2D eigenvalue weighted by molar-refractivity contribution is 7.91. The number of nitrogens with two attached hydrogens (primary N) is 1. The number of hydrogen-bond acceptors (Lipinski definition) is 7. The molecule has 23 heavy (non-hydrogen) atoms. The van der Waals surface area contributed by atoms with Crippen LogP contribution in [-0.2, 0) is 9.84 Å². The monoisotopic (exact) mass is 354 g/mol. The second kappa shape index (κ2) is 6.72. The lowest BCUT2D eigenvalue weighted by Crippen LogP contribution is -2.44. The van der Waals surface area contributed by atoms with Crippen LogP contribution in [0.15, 0.2) is 23.1 Å². The number of thiazole rings is 1. The molecule has 126 valence electrons. The Hall–Kier alpha value is -1.22. The van der Waals surface area contributed by atoms with Gasteiger partial charge in [-0.05, 0) is 38.2 Å². The molecule has 0 amide bonds. The Morgan fingerprint density at radius 3 is 2.74 bits per heavy atom. The molecule has 0 saturated carbocycles. The maximum absolute atomic E-state index is 12.5. The van der Waals surface area contributed by atoms with E-state index in [9.17, 15) is 8.42 Å². The van der Waals surface area contributed by atoms with Crippen molar-refractivity contribution in [1.29, 1.82) is 0 Å². The lowest BCUT2D eigenvalue weighted by atomic mass is 10.3. The van der Waals surface area contributed by atoms with Crippen LogP contribution in [0.2, 0.25) is 0 Å². The zero-order chi connectivity index (χ0) is 16.4. The molecule has 0 bridgehead atoms. The standard InChI is InChI=1S/C15H22N4O2S2/c1-18-6-8-19(9-7-18)5-2-10-23(20,21)12-3-4-13-14(11-12)22-15(16)17-13/h3-4,11H,2,5-10H2,1H3,(H2,16,17). The zero-order valence-electron chi connectivity index (χ0n) is 13.2. The molecule has 0 spiro atoms. The van der Waals surface area contributed by atoms with Crippen molar-refractivity contribution in [2.75, 3.05) is 51.3 Å². The summed E-state index contributed by atoms with van der Waals surface area (Å²) in [6, 6.07) is 5.05. The highest BCUT2D eigenvalue weighted by Gasteiger charge is 2.18. The molecule has 0 atom stereocenters. The number of sulfone groups is 1. The average molecular weight is 355 g/mol. The predicted molar refractivity (Wildman–Crippen MR) is 94.6 cm³/mol. The third kappa shape index (κ3) is 4.00. The van der Waals surface area contributed by atoms with E-state index in [1.807, 2.05) is 0 Å². The van der Waals surface area contributed by atoms with Crippen LogP contribution >= 0.6 is 11.3 Å². The summed E-state index contributed by atoms with van der Waals surface area (Å²) in [4.78, 5) is 9.15. The fraction of sp³-hybridized carbons (Fsp3) is 0.533. The summed E-state index contributed by atoms with van der Waals surface area (Å²) in [5.74, 6) is 0.180. The van der Waals surface area contributed by atoms with Crippen LogP contribution in [0.25, 0.3) is 10.2 Å². The molecule has 6 nitrogen and oxygen atoms in total. The van der Waals surface area contributed by atoms with E-state index < -0.39 is 9.84 Å². The summed E-state index contributed by atoms with van der Waals surface area (Å²) < 4.78 is 25.8. The smallest absolute Gasteiger partial charge is 0.181 e. The van der Waals surface area contributed by atoms with Gasteiger partial charge in [0.05, 0.1) is 20.9 Å². The summed E-state index contributed by atoms with van der Waals surface area (Å²) in [5, 5.41) is 0.463. The van der Waals surface area contributed by atoms with Crippen molar-refractivity contribution < 1.29 is 8.42 Å². The first-order valence-electron chi connectivity index (χ1n) is 7.74. The van der Waals surface area contributed by atoms with Crippen molar-refractivity contribution >= 4 is 36.5 Å². The van der Waals surface area contributed by atoms with E-state index in [0.29, 0.717) is 16.4 Å². The highest BCUT2D eigenvalue weighted by Crippen LogP contribution is 2.26. The first-order chi connectivity index (χ1) is 10.9. The highest BCUT2D eigenvalue weighted by atomic mass is 32.2. The molecular weight excluding hydrogens is 332 g/mol. The second-order valence-electron chi connectivity index (χ2n) is 6.00. The van der Waals surface area contributed by atoms with Crippen LogP contribution in [0.1, 0.15) is 6.42 Å². The van der Waals surface area contributed by atoms with Gasteiger partial charge in [0.15, 0.2) is 15.0 Å². The molecule has 1 aromatic heterocycles. The van der Waals surface area contributed by atoms with Gasteiger partial charge in [-0.1, -0.05) is 11.3 Å². The number of nitrogen functional groups attached to an aromatic ring is 1. The summed E-state index contributed by atoms with van der Waals surface area (Å²) in [5.41, 5.74) is 6.42. The quantitative estimate of drug-likeness (QED) is 0.872. The van der Waals surface area contributed by atoms with E-state index in [1.165, 1.54) is 11.3 Å². The van der Waals surface area contributed by atoms with Crippen LogP contribution in [0.5, 0.6) is 0 Å². The molecule has 3 rings (SSSR count). The number of hydrogen-bond donors (Lipinski definition) is 1. The molecule has 1 aliphatic heterocycles. The van der Waals surface area contributed by atoms with E-state index >= 15 is 0 Å². The number of piperazine rings is 1. The largest absolute Gasteiger partial charge is 0.375 e. The normalized spacial score (nSPS) is 17.8. The number of nitrogens with zero attached hydrogens (tertiary/aromatic N) is 3. The summed E-state index contributed by atoms with van der Waals surface area (Å²) in [6.45, 7) is 4.97. The maximum Gasteiger partial charge on any atom is 0.181 e. The molecule has 1 aromatic carbocycles. The molecular formula is C15H22N4O2S2. The van der Waals surface area contributed by atoms with Gasteiger partial charge in [0.2, 0.25) is 0 Å². The first kappa shape index (κ1) is 16.6. The fourth-order valence-electron chi connectivity index (χ4n) is 2.78. The van der Waals surface area contributed by atoms with Crippen molar-refractivity contribution in [2.24, 2.45) is 0 Å². The number of rotatable bonds is 5. The summed E-state index contributed by atoms with van der Waals surface area (Å²) in [6.07, 6.45) is 0.662. The van der Waals surface area contributed by atoms with E-state index in [-0.39, 0.29) is 5.75 Å². The molecule has 2 aromatic rings. The fourth-order valence-corrected chi connectivity index (χ4v) is 4.95. The van der Waals surface area contributed by atoms with E-state index in [1.54, 1.807) is 18.2 Å². The van der Waals surface area contributed by atoms with Gasteiger partial charge in [0.1, 0.15) is 0 Å². The van der Waals surface area contributed by atoms with Crippen LogP contribution < -0.4 is 5.73 Å². The Bertz CT molecular complexity index is 780. The van der Waals surface area contributed by atoms with E-state index in [4.69, 9.17) is 5.73 Å². The Balaban J connectivity index is 1.61. The lowest BCUT2D eigenvalue weighted by Gasteiger charge is -2.32.